The topological polar surface area (TPSA) is 17.1 Å². The molecule has 0 aliphatic heterocycles. The average molecular weight is 264 g/mol. The molecule has 1 rings (SSSR count). The van der Waals surface area contributed by atoms with E-state index in [1.807, 2.05) is 20.1 Å². The van der Waals surface area contributed by atoms with Gasteiger partial charge in [0, 0.05) is 32.7 Å². The van der Waals surface area contributed by atoms with Gasteiger partial charge in [-0.15, -0.1) is 27.8 Å². The molecule has 0 aliphatic carbocycles. The summed E-state index contributed by atoms with van der Waals surface area (Å²) in [6.07, 6.45) is 2.02. The van der Waals surface area contributed by atoms with E-state index in [1.54, 1.807) is 0 Å². The molecule has 73 valence electrons. The Morgan fingerprint density at radius 3 is 1.29 bits per heavy atom. The van der Waals surface area contributed by atoms with E-state index in [1.165, 1.54) is 16.7 Å². The monoisotopic (exact) mass is 264 g/mol. The summed E-state index contributed by atoms with van der Waals surface area (Å²) in [5.74, 6) is 0. The largest absolute Gasteiger partial charge is 0.376 e. The second kappa shape index (κ2) is 5.18. The van der Waals surface area contributed by atoms with Gasteiger partial charge in [0.1, 0.15) is 0 Å². The predicted molar refractivity (Wildman–Crippen MR) is 54.9 cm³/mol. The smallest absolute Gasteiger partial charge is 0.0632 e. The third-order valence-corrected chi connectivity index (χ3v) is 3.10. The Morgan fingerprint density at radius 2 is 1.00 bits per heavy atom. The number of hydrogen-bond donors (Lipinski definition) is 0. The number of hydrogen-bond acceptors (Lipinski definition) is 1. The second-order valence-electron chi connectivity index (χ2n) is 3.60. The van der Waals surface area contributed by atoms with E-state index in [0.29, 0.717) is 0 Å². The first-order chi connectivity index (χ1) is 6.00. The molecule has 0 saturated heterocycles. The molecule has 0 unspecified atom stereocenters. The first-order valence-corrected chi connectivity index (χ1v) is 4.45. The van der Waals surface area contributed by atoms with Crippen LogP contribution in [0, 0.1) is 34.6 Å². The normalized spacial score (nSPS) is 9.50. The minimum atomic E-state index is 0. The summed E-state index contributed by atoms with van der Waals surface area (Å²) in [6.45, 7) is 10.2. The van der Waals surface area contributed by atoms with Crippen molar-refractivity contribution in [3.05, 3.63) is 33.4 Å². The van der Waals surface area contributed by atoms with Crippen LogP contribution in [0.4, 0.5) is 0 Å². The molecule has 0 bridgehead atoms. The van der Waals surface area contributed by atoms with Crippen LogP contribution in [0.25, 0.3) is 0 Å². The van der Waals surface area contributed by atoms with E-state index in [2.05, 4.69) is 20.8 Å². The summed E-state index contributed by atoms with van der Waals surface area (Å²) in [5, 5.41) is 0. The van der Waals surface area contributed by atoms with Crippen molar-refractivity contribution >= 4 is 6.29 Å². The average Bonchev–Trinajstić information content (AvgIpc) is 2.13. The van der Waals surface area contributed by atoms with E-state index in [4.69, 9.17) is 0 Å². The first kappa shape index (κ1) is 14.0. The predicted octanol–water partition coefficient (Wildman–Crippen LogP) is 2.68. The molecule has 2 heteroatoms. The van der Waals surface area contributed by atoms with Crippen molar-refractivity contribution in [2.24, 2.45) is 0 Å². The van der Waals surface area contributed by atoms with Crippen molar-refractivity contribution in [2.75, 3.05) is 0 Å². The van der Waals surface area contributed by atoms with Gasteiger partial charge in [-0.25, -0.2) is 0 Å². The van der Waals surface area contributed by atoms with Gasteiger partial charge in [0.05, 0.1) is 6.29 Å². The van der Waals surface area contributed by atoms with Crippen molar-refractivity contribution in [3.63, 3.8) is 0 Å². The molecular formula is C12H15OY-. The van der Waals surface area contributed by atoms with Crippen LogP contribution in [0.2, 0.25) is 0 Å². The molecule has 0 heterocycles. The zero-order chi connectivity index (χ0) is 10.2. The van der Waals surface area contributed by atoms with Crippen LogP contribution in [0.1, 0.15) is 33.4 Å². The zero-order valence-electron chi connectivity index (χ0n) is 9.49. The molecule has 1 aromatic carbocycles. The van der Waals surface area contributed by atoms with E-state index in [-0.39, 0.29) is 32.7 Å². The fourth-order valence-electron chi connectivity index (χ4n) is 1.65. The summed E-state index contributed by atoms with van der Waals surface area (Å²) in [5.41, 5.74) is 6.57. The Balaban J connectivity index is 0.00000169. The molecule has 1 radical (unpaired) electrons. The number of benzene rings is 1. The molecule has 0 N–H and O–H groups in total. The fourth-order valence-corrected chi connectivity index (χ4v) is 1.65. The summed E-state index contributed by atoms with van der Waals surface area (Å²) in [6, 6.07) is 0. The van der Waals surface area contributed by atoms with Gasteiger partial charge in [-0.3, -0.25) is 0 Å². The van der Waals surface area contributed by atoms with Crippen LogP contribution in [-0.2, 0) is 37.5 Å². The standard InChI is InChI=1S/C12H15O.Y/c1-7-8(2)10(4)12(6-13)11(5)9(7)3;/h1-5H3;/q-1;. The Hall–Kier alpha value is -0.00610. The molecule has 0 amide bonds. The van der Waals surface area contributed by atoms with Crippen molar-refractivity contribution in [3.8, 4) is 0 Å². The van der Waals surface area contributed by atoms with Crippen molar-refractivity contribution in [2.45, 2.75) is 34.6 Å². The van der Waals surface area contributed by atoms with Crippen molar-refractivity contribution in [1.82, 2.24) is 0 Å². The van der Waals surface area contributed by atoms with Crippen molar-refractivity contribution in [1.29, 1.82) is 0 Å². The summed E-state index contributed by atoms with van der Waals surface area (Å²) in [4.78, 5) is 10.7. The van der Waals surface area contributed by atoms with Gasteiger partial charge < -0.3 is 4.79 Å². The number of rotatable bonds is 1. The molecule has 0 atom stereocenters. The number of carbonyl (C=O) groups excluding carboxylic acids is 1. The van der Waals surface area contributed by atoms with Crippen molar-refractivity contribution < 1.29 is 37.5 Å². The van der Waals surface area contributed by atoms with E-state index < -0.39 is 0 Å². The minimum Gasteiger partial charge on any atom is -0.376 e. The molecule has 14 heavy (non-hydrogen) atoms. The van der Waals surface area contributed by atoms with Crippen LogP contribution in [0.15, 0.2) is 0 Å². The van der Waals surface area contributed by atoms with Gasteiger partial charge in [0.15, 0.2) is 0 Å². The molecular weight excluding hydrogens is 249 g/mol. The second-order valence-corrected chi connectivity index (χ2v) is 3.60. The molecule has 0 spiro atoms. The summed E-state index contributed by atoms with van der Waals surface area (Å²) < 4.78 is 0. The third-order valence-electron chi connectivity index (χ3n) is 3.10. The molecule has 0 aromatic heterocycles. The van der Waals surface area contributed by atoms with Gasteiger partial charge in [-0.2, -0.15) is 0 Å². The van der Waals surface area contributed by atoms with E-state index in [9.17, 15) is 4.79 Å². The zero-order valence-corrected chi connectivity index (χ0v) is 12.3. The van der Waals surface area contributed by atoms with Crippen LogP contribution >= 0.6 is 0 Å². The van der Waals surface area contributed by atoms with E-state index in [0.717, 1.165) is 16.7 Å². The Kier molecular flexibility index (Phi) is 5.18. The van der Waals surface area contributed by atoms with Crippen LogP contribution in [0.3, 0.4) is 0 Å². The molecule has 0 aliphatic rings. The summed E-state index contributed by atoms with van der Waals surface area (Å²) >= 11 is 0. The molecule has 1 aromatic rings. The maximum Gasteiger partial charge on any atom is 0.0632 e. The maximum absolute atomic E-state index is 10.7. The molecule has 1 nitrogen and oxygen atoms in total. The Morgan fingerprint density at radius 1 is 0.714 bits per heavy atom. The van der Waals surface area contributed by atoms with Gasteiger partial charge in [-0.1, -0.05) is 33.3 Å². The first-order valence-electron chi connectivity index (χ1n) is 4.45. The van der Waals surface area contributed by atoms with E-state index >= 15 is 0 Å². The SMILES string of the molecule is Cc1c(C)c(C)c([C-]=O)c(C)c1C.[Y]. The minimum absolute atomic E-state index is 0. The molecule has 0 fully saturated rings. The Bertz CT molecular complexity index is 338. The maximum atomic E-state index is 10.7. The van der Waals surface area contributed by atoms with Crippen LogP contribution < -0.4 is 0 Å². The Labute approximate surface area is 111 Å². The molecule has 0 saturated carbocycles. The quantitative estimate of drug-likeness (QED) is 0.713. The fraction of sp³-hybridized carbons (Fsp3) is 0.417. The van der Waals surface area contributed by atoms with Gasteiger partial charge in [-0.05, 0) is 6.92 Å². The van der Waals surface area contributed by atoms with Gasteiger partial charge in [0.25, 0.3) is 0 Å². The van der Waals surface area contributed by atoms with Gasteiger partial charge >= 0.3 is 0 Å². The van der Waals surface area contributed by atoms with Crippen LogP contribution in [0.5, 0.6) is 0 Å². The van der Waals surface area contributed by atoms with Crippen LogP contribution in [-0.4, -0.2) is 6.29 Å². The van der Waals surface area contributed by atoms with Gasteiger partial charge in [0.2, 0.25) is 0 Å². The third kappa shape index (κ3) is 2.15. The summed E-state index contributed by atoms with van der Waals surface area (Å²) in [7, 11) is 0.